The summed E-state index contributed by atoms with van der Waals surface area (Å²) in [7, 11) is 2.96. The molecule has 32 heavy (non-hydrogen) atoms. The van der Waals surface area contributed by atoms with Gasteiger partial charge in [0.15, 0.2) is 11.0 Å². The van der Waals surface area contributed by atoms with Gasteiger partial charge in [0.1, 0.15) is 0 Å². The smallest absolute Gasteiger partial charge is 0.237 e. The molecule has 1 aliphatic rings. The summed E-state index contributed by atoms with van der Waals surface area (Å²) < 4.78 is 12.4. The van der Waals surface area contributed by atoms with Gasteiger partial charge < -0.3 is 9.47 Å². The van der Waals surface area contributed by atoms with Crippen molar-refractivity contribution in [3.8, 4) is 23.1 Å². The first-order valence-electron chi connectivity index (χ1n) is 10.2. The van der Waals surface area contributed by atoms with Gasteiger partial charge in [-0.25, -0.2) is 0 Å². The molecule has 1 aromatic carbocycles. The molecular formula is C21H23ClN6O3S. The molecule has 2 aromatic heterocycles. The van der Waals surface area contributed by atoms with Gasteiger partial charge in [0.05, 0.1) is 31.1 Å². The number of methoxy groups -OCH3 is 2. The van der Waals surface area contributed by atoms with Crippen molar-refractivity contribution in [2.24, 2.45) is 0 Å². The maximum atomic E-state index is 12.6. The number of nitrogens with zero attached hydrogens (tertiary/aromatic N) is 5. The van der Waals surface area contributed by atoms with E-state index in [4.69, 9.17) is 21.1 Å². The fourth-order valence-electron chi connectivity index (χ4n) is 3.65. The van der Waals surface area contributed by atoms with Crippen LogP contribution in [0.1, 0.15) is 31.7 Å². The summed E-state index contributed by atoms with van der Waals surface area (Å²) in [6.07, 6.45) is 4.41. The molecular weight excluding hydrogens is 452 g/mol. The molecule has 168 valence electrons. The molecule has 1 aliphatic carbocycles. The van der Waals surface area contributed by atoms with Crippen molar-refractivity contribution >= 4 is 35.2 Å². The lowest BCUT2D eigenvalue weighted by molar-refractivity contribution is -0.113. The molecule has 11 heteroatoms. The van der Waals surface area contributed by atoms with Crippen LogP contribution in [0.2, 0.25) is 5.02 Å². The third-order valence-corrected chi connectivity index (χ3v) is 6.42. The Morgan fingerprint density at radius 1 is 1.16 bits per heavy atom. The number of ether oxygens (including phenoxy) is 2. The normalized spacial score (nSPS) is 13.8. The first-order chi connectivity index (χ1) is 15.6. The number of amides is 1. The zero-order valence-electron chi connectivity index (χ0n) is 17.7. The lowest BCUT2D eigenvalue weighted by atomic mass is 10.2. The monoisotopic (exact) mass is 474 g/mol. The van der Waals surface area contributed by atoms with Gasteiger partial charge >= 0.3 is 0 Å². The molecule has 0 saturated heterocycles. The molecule has 4 rings (SSSR count). The lowest BCUT2D eigenvalue weighted by Crippen LogP contribution is -2.17. The average molecular weight is 475 g/mol. The van der Waals surface area contributed by atoms with Crippen LogP contribution in [0.25, 0.3) is 11.4 Å². The number of rotatable bonds is 8. The summed E-state index contributed by atoms with van der Waals surface area (Å²) >= 11 is 7.75. The van der Waals surface area contributed by atoms with Crippen molar-refractivity contribution in [2.75, 3.05) is 25.3 Å². The number of benzene rings is 1. The Kier molecular flexibility index (Phi) is 7.11. The minimum absolute atomic E-state index is 0.112. The van der Waals surface area contributed by atoms with Crippen molar-refractivity contribution in [1.82, 2.24) is 24.7 Å². The Balaban J connectivity index is 1.52. The number of hydrogen-bond donors (Lipinski definition) is 1. The van der Waals surface area contributed by atoms with Crippen LogP contribution >= 0.6 is 23.4 Å². The summed E-state index contributed by atoms with van der Waals surface area (Å²) in [6.45, 7) is 0. The van der Waals surface area contributed by atoms with E-state index in [1.165, 1.54) is 32.0 Å². The number of aromatic nitrogens is 5. The first-order valence-corrected chi connectivity index (χ1v) is 11.5. The summed E-state index contributed by atoms with van der Waals surface area (Å²) in [5.41, 5.74) is 0.835. The second kappa shape index (κ2) is 10.2. The second-order valence-corrected chi connectivity index (χ2v) is 8.56. The van der Waals surface area contributed by atoms with Crippen LogP contribution < -0.4 is 14.8 Å². The van der Waals surface area contributed by atoms with Crippen molar-refractivity contribution in [2.45, 2.75) is 36.9 Å². The predicted octanol–water partition coefficient (Wildman–Crippen LogP) is 4.25. The highest BCUT2D eigenvalue weighted by Crippen LogP contribution is 2.38. The van der Waals surface area contributed by atoms with Gasteiger partial charge in [-0.1, -0.05) is 48.3 Å². The second-order valence-electron chi connectivity index (χ2n) is 7.21. The summed E-state index contributed by atoms with van der Waals surface area (Å²) in [5, 5.41) is 12.8. The fourth-order valence-corrected chi connectivity index (χ4v) is 4.68. The van der Waals surface area contributed by atoms with Crippen LogP contribution in [-0.4, -0.2) is 50.6 Å². The van der Waals surface area contributed by atoms with E-state index in [9.17, 15) is 4.79 Å². The van der Waals surface area contributed by atoms with Crippen molar-refractivity contribution in [3.05, 3.63) is 35.4 Å². The Morgan fingerprint density at radius 3 is 2.50 bits per heavy atom. The Hall–Kier alpha value is -2.85. The van der Waals surface area contributed by atoms with Crippen LogP contribution in [0.15, 0.2) is 35.5 Å². The van der Waals surface area contributed by atoms with Gasteiger partial charge in [-0.15, -0.1) is 10.2 Å². The van der Waals surface area contributed by atoms with Gasteiger partial charge in [0.2, 0.25) is 23.6 Å². The highest BCUT2D eigenvalue weighted by molar-refractivity contribution is 7.99. The third-order valence-electron chi connectivity index (χ3n) is 5.15. The van der Waals surface area contributed by atoms with Crippen LogP contribution in [0.3, 0.4) is 0 Å². The minimum Gasteiger partial charge on any atom is -0.481 e. The molecule has 1 saturated carbocycles. The molecule has 0 aliphatic heterocycles. The predicted molar refractivity (Wildman–Crippen MR) is 122 cm³/mol. The van der Waals surface area contributed by atoms with Crippen molar-refractivity contribution in [1.29, 1.82) is 0 Å². The molecule has 0 radical (unpaired) electrons. The molecule has 2 heterocycles. The topological polar surface area (TPSA) is 104 Å². The molecule has 1 fully saturated rings. The van der Waals surface area contributed by atoms with E-state index < -0.39 is 0 Å². The fraction of sp³-hybridized carbons (Fsp3) is 0.381. The molecule has 0 unspecified atom stereocenters. The Morgan fingerprint density at radius 2 is 1.84 bits per heavy atom. The highest BCUT2D eigenvalue weighted by atomic mass is 35.5. The van der Waals surface area contributed by atoms with Gasteiger partial charge in [0, 0.05) is 11.6 Å². The van der Waals surface area contributed by atoms with Gasteiger partial charge in [-0.05, 0) is 25.0 Å². The number of carbonyl (C=O) groups is 1. The number of carbonyl (C=O) groups excluding carboxylic acids is 1. The van der Waals surface area contributed by atoms with E-state index in [1.807, 2.05) is 24.3 Å². The average Bonchev–Trinajstić information content (AvgIpc) is 3.47. The van der Waals surface area contributed by atoms with Crippen LogP contribution in [0, 0.1) is 0 Å². The number of halogens is 1. The quantitative estimate of drug-likeness (QED) is 0.483. The van der Waals surface area contributed by atoms with E-state index in [-0.39, 0.29) is 23.7 Å². The van der Waals surface area contributed by atoms with E-state index in [2.05, 4.69) is 30.0 Å². The van der Waals surface area contributed by atoms with Gasteiger partial charge in [-0.2, -0.15) is 9.97 Å². The van der Waals surface area contributed by atoms with Gasteiger partial charge in [-0.3, -0.25) is 14.7 Å². The largest absolute Gasteiger partial charge is 0.481 e. The Labute approximate surface area is 194 Å². The molecule has 0 atom stereocenters. The molecule has 1 amide bonds. The lowest BCUT2D eigenvalue weighted by Gasteiger charge is -2.17. The standard InChI is InChI=1S/C21H23ClN6O3S/c1-30-17-11-18(31-2)25-20(24-17)23-16(29)12-32-21-27-26-19(14-9-5-6-10-15(14)22)28(21)13-7-3-4-8-13/h5-6,9-11,13H,3-4,7-8,12H2,1-2H3,(H,23,24,25,29). The zero-order chi connectivity index (χ0) is 22.5. The van der Waals surface area contributed by atoms with Crippen LogP contribution in [0.4, 0.5) is 5.95 Å². The van der Waals surface area contributed by atoms with Crippen molar-refractivity contribution < 1.29 is 14.3 Å². The molecule has 9 nitrogen and oxygen atoms in total. The van der Waals surface area contributed by atoms with E-state index in [1.54, 1.807) is 0 Å². The summed E-state index contributed by atoms with van der Waals surface area (Å²) in [5.74, 6) is 1.28. The Bertz CT molecular complexity index is 1080. The molecule has 3 aromatic rings. The van der Waals surface area contributed by atoms with Crippen molar-refractivity contribution in [3.63, 3.8) is 0 Å². The number of thioether (sulfide) groups is 1. The maximum absolute atomic E-state index is 12.6. The molecule has 0 spiro atoms. The van der Waals surface area contributed by atoms with Crippen LogP contribution in [0.5, 0.6) is 11.8 Å². The van der Waals surface area contributed by atoms with Crippen LogP contribution in [-0.2, 0) is 4.79 Å². The zero-order valence-corrected chi connectivity index (χ0v) is 19.3. The number of anilines is 1. The first kappa shape index (κ1) is 22.3. The third kappa shape index (κ3) is 4.97. The molecule has 1 N–H and O–H groups in total. The summed E-state index contributed by atoms with van der Waals surface area (Å²) in [4.78, 5) is 20.8. The highest BCUT2D eigenvalue weighted by Gasteiger charge is 2.26. The minimum atomic E-state index is -0.273. The van der Waals surface area contributed by atoms with Gasteiger partial charge in [0.25, 0.3) is 0 Å². The maximum Gasteiger partial charge on any atom is 0.237 e. The SMILES string of the molecule is COc1cc(OC)nc(NC(=O)CSc2nnc(-c3ccccc3Cl)n2C2CCCC2)n1. The molecule has 0 bridgehead atoms. The van der Waals surface area contributed by atoms with E-state index >= 15 is 0 Å². The van der Waals surface area contributed by atoms with E-state index in [0.29, 0.717) is 21.9 Å². The van der Waals surface area contributed by atoms with E-state index in [0.717, 1.165) is 37.1 Å². The number of nitrogens with one attached hydrogen (secondary N) is 1. The summed E-state index contributed by atoms with van der Waals surface area (Å²) in [6, 6.07) is 9.41. The number of hydrogen-bond acceptors (Lipinski definition) is 8.